The molecule has 0 aliphatic heterocycles. The summed E-state index contributed by atoms with van der Waals surface area (Å²) in [7, 11) is 0. The van der Waals surface area contributed by atoms with Crippen LogP contribution in [0.1, 0.15) is 13.8 Å². The molecule has 15 heavy (non-hydrogen) atoms. The third-order valence-electron chi connectivity index (χ3n) is 2.29. The fraction of sp³-hybridized carbons (Fsp3) is 0.364. The largest absolute Gasteiger partial charge is 0.493 e. The number of aryl methyl sites for hydroxylation is 1. The summed E-state index contributed by atoms with van der Waals surface area (Å²) in [4.78, 5) is 0. The average molecular weight is 269 g/mol. The molecule has 2 rings (SSSR count). The van der Waals surface area contributed by atoms with Crippen LogP contribution < -0.4 is 4.74 Å². The van der Waals surface area contributed by atoms with Crippen molar-refractivity contribution in [1.82, 2.24) is 9.78 Å². The Labute approximate surface area is 97.2 Å². The molecule has 3 nitrogen and oxygen atoms in total. The molecule has 1 aromatic carbocycles. The van der Waals surface area contributed by atoms with E-state index in [2.05, 4.69) is 34.0 Å². The highest BCUT2D eigenvalue weighted by atomic mass is 79.9. The number of hydrogen-bond donors (Lipinski definition) is 0. The third-order valence-corrected chi connectivity index (χ3v) is 2.75. The van der Waals surface area contributed by atoms with Crippen molar-refractivity contribution in [2.24, 2.45) is 0 Å². The molecule has 0 aliphatic carbocycles. The zero-order valence-electron chi connectivity index (χ0n) is 8.83. The molecule has 0 amide bonds. The summed E-state index contributed by atoms with van der Waals surface area (Å²) in [5.41, 5.74) is 1.11. The smallest absolute Gasteiger partial charge is 0.131 e. The summed E-state index contributed by atoms with van der Waals surface area (Å²) >= 11 is 3.48. The van der Waals surface area contributed by atoms with Crippen LogP contribution in [-0.4, -0.2) is 16.4 Å². The van der Waals surface area contributed by atoms with Crippen molar-refractivity contribution >= 4 is 26.8 Å². The van der Waals surface area contributed by atoms with Crippen LogP contribution in [0.3, 0.4) is 0 Å². The summed E-state index contributed by atoms with van der Waals surface area (Å²) in [6, 6.07) is 4.04. The van der Waals surface area contributed by atoms with Crippen LogP contribution in [0.15, 0.2) is 22.8 Å². The van der Waals surface area contributed by atoms with E-state index in [-0.39, 0.29) is 0 Å². The number of halogens is 1. The quantitative estimate of drug-likeness (QED) is 0.855. The lowest BCUT2D eigenvalue weighted by Crippen LogP contribution is -1.96. The average Bonchev–Trinajstić information content (AvgIpc) is 2.61. The fourth-order valence-corrected chi connectivity index (χ4v) is 2.06. The maximum absolute atomic E-state index is 5.57. The Morgan fingerprint density at radius 1 is 1.40 bits per heavy atom. The van der Waals surface area contributed by atoms with Crippen molar-refractivity contribution in [2.75, 3.05) is 6.61 Å². The first kappa shape index (κ1) is 10.5. The van der Waals surface area contributed by atoms with Gasteiger partial charge in [0.05, 0.1) is 23.7 Å². The van der Waals surface area contributed by atoms with E-state index in [0.717, 1.165) is 27.7 Å². The number of aromatic nitrogens is 2. The van der Waals surface area contributed by atoms with Crippen LogP contribution in [0.25, 0.3) is 10.9 Å². The van der Waals surface area contributed by atoms with E-state index in [0.29, 0.717) is 6.61 Å². The summed E-state index contributed by atoms with van der Waals surface area (Å²) in [5, 5.41) is 5.38. The van der Waals surface area contributed by atoms with Crippen molar-refractivity contribution in [3.63, 3.8) is 0 Å². The Morgan fingerprint density at radius 2 is 2.20 bits per heavy atom. The van der Waals surface area contributed by atoms with E-state index in [9.17, 15) is 0 Å². The van der Waals surface area contributed by atoms with E-state index in [1.54, 1.807) is 0 Å². The molecule has 0 unspecified atom stereocenters. The summed E-state index contributed by atoms with van der Waals surface area (Å²) in [6.45, 7) is 5.60. The molecule has 0 saturated heterocycles. The molecule has 0 N–H and O–H groups in total. The number of hydrogen-bond acceptors (Lipinski definition) is 2. The van der Waals surface area contributed by atoms with Gasteiger partial charge in [0, 0.05) is 11.0 Å². The maximum Gasteiger partial charge on any atom is 0.131 e. The Morgan fingerprint density at radius 3 is 2.87 bits per heavy atom. The van der Waals surface area contributed by atoms with Gasteiger partial charge in [-0.2, -0.15) is 5.10 Å². The van der Waals surface area contributed by atoms with Crippen molar-refractivity contribution < 1.29 is 4.74 Å². The highest BCUT2D eigenvalue weighted by Gasteiger charge is 2.08. The number of ether oxygens (including phenoxy) is 1. The molecule has 1 heterocycles. The van der Waals surface area contributed by atoms with Crippen LogP contribution in [0.2, 0.25) is 0 Å². The van der Waals surface area contributed by atoms with Crippen LogP contribution in [0, 0.1) is 0 Å². The van der Waals surface area contributed by atoms with Gasteiger partial charge in [0.15, 0.2) is 0 Å². The van der Waals surface area contributed by atoms with Crippen LogP contribution >= 0.6 is 15.9 Å². The second kappa shape index (κ2) is 4.23. The van der Waals surface area contributed by atoms with Crippen LogP contribution in [-0.2, 0) is 6.54 Å². The zero-order valence-corrected chi connectivity index (χ0v) is 10.4. The van der Waals surface area contributed by atoms with Gasteiger partial charge < -0.3 is 4.74 Å². The van der Waals surface area contributed by atoms with Gasteiger partial charge in [-0.05, 0) is 26.0 Å². The molecular formula is C11H13BrN2O. The predicted molar refractivity (Wildman–Crippen MR) is 64.3 cm³/mol. The second-order valence-electron chi connectivity index (χ2n) is 3.23. The molecule has 0 saturated carbocycles. The minimum atomic E-state index is 0.670. The molecule has 4 heteroatoms. The van der Waals surface area contributed by atoms with Crippen molar-refractivity contribution in [3.05, 3.63) is 22.8 Å². The highest BCUT2D eigenvalue weighted by Crippen LogP contribution is 2.30. The number of nitrogens with zero attached hydrogens (tertiary/aromatic N) is 2. The SMILES string of the molecule is CCOc1cc(Br)cc2c1cnn2CC. The molecule has 0 spiro atoms. The lowest BCUT2D eigenvalue weighted by molar-refractivity contribution is 0.344. The van der Waals surface area contributed by atoms with E-state index < -0.39 is 0 Å². The second-order valence-corrected chi connectivity index (χ2v) is 4.15. The number of fused-ring (bicyclic) bond motifs is 1. The first-order valence-electron chi connectivity index (χ1n) is 5.04. The van der Waals surface area contributed by atoms with Crippen LogP contribution in [0.4, 0.5) is 0 Å². The third kappa shape index (κ3) is 1.86. The summed E-state index contributed by atoms with van der Waals surface area (Å²) in [5.74, 6) is 0.890. The van der Waals surface area contributed by atoms with Crippen molar-refractivity contribution in [2.45, 2.75) is 20.4 Å². The molecule has 0 aliphatic rings. The Bertz CT molecular complexity index is 479. The lowest BCUT2D eigenvalue weighted by atomic mass is 10.2. The Hall–Kier alpha value is -1.03. The molecule has 0 atom stereocenters. The molecule has 2 aromatic rings. The molecule has 0 radical (unpaired) electrons. The molecule has 0 bridgehead atoms. The Kier molecular flexibility index (Phi) is 2.95. The predicted octanol–water partition coefficient (Wildman–Crippen LogP) is 3.22. The van der Waals surface area contributed by atoms with Gasteiger partial charge in [-0.15, -0.1) is 0 Å². The van der Waals surface area contributed by atoms with Gasteiger partial charge in [0.2, 0.25) is 0 Å². The van der Waals surface area contributed by atoms with E-state index in [1.807, 2.05) is 23.9 Å². The summed E-state index contributed by atoms with van der Waals surface area (Å²) in [6.07, 6.45) is 1.86. The first-order chi connectivity index (χ1) is 7.26. The topological polar surface area (TPSA) is 27.1 Å². The number of rotatable bonds is 3. The van der Waals surface area contributed by atoms with Gasteiger partial charge in [0.1, 0.15) is 5.75 Å². The first-order valence-corrected chi connectivity index (χ1v) is 5.83. The van der Waals surface area contributed by atoms with Gasteiger partial charge in [0.25, 0.3) is 0 Å². The monoisotopic (exact) mass is 268 g/mol. The lowest BCUT2D eigenvalue weighted by Gasteiger charge is -2.06. The maximum atomic E-state index is 5.57. The molecule has 0 fully saturated rings. The Balaban J connectivity index is 2.65. The molecular weight excluding hydrogens is 256 g/mol. The zero-order chi connectivity index (χ0) is 10.8. The van der Waals surface area contributed by atoms with Crippen LogP contribution in [0.5, 0.6) is 5.75 Å². The minimum absolute atomic E-state index is 0.670. The van der Waals surface area contributed by atoms with E-state index in [4.69, 9.17) is 4.74 Å². The normalized spacial score (nSPS) is 10.9. The van der Waals surface area contributed by atoms with Gasteiger partial charge in [-0.1, -0.05) is 15.9 Å². The fourth-order valence-electron chi connectivity index (χ4n) is 1.64. The van der Waals surface area contributed by atoms with Gasteiger partial charge >= 0.3 is 0 Å². The van der Waals surface area contributed by atoms with E-state index >= 15 is 0 Å². The minimum Gasteiger partial charge on any atom is -0.493 e. The van der Waals surface area contributed by atoms with Crippen molar-refractivity contribution in [1.29, 1.82) is 0 Å². The van der Waals surface area contributed by atoms with Crippen molar-refractivity contribution in [3.8, 4) is 5.75 Å². The molecule has 80 valence electrons. The van der Waals surface area contributed by atoms with Gasteiger partial charge in [-0.3, -0.25) is 4.68 Å². The number of benzene rings is 1. The standard InChI is InChI=1S/C11H13BrN2O/c1-3-14-10-5-8(12)6-11(15-4-2)9(10)7-13-14/h5-7H,3-4H2,1-2H3. The highest BCUT2D eigenvalue weighted by molar-refractivity contribution is 9.10. The van der Waals surface area contributed by atoms with E-state index in [1.165, 1.54) is 0 Å². The summed E-state index contributed by atoms with van der Waals surface area (Å²) < 4.78 is 8.56. The van der Waals surface area contributed by atoms with Gasteiger partial charge in [-0.25, -0.2) is 0 Å². The molecule has 1 aromatic heterocycles.